The van der Waals surface area contributed by atoms with Crippen LogP contribution in [0, 0.1) is 11.3 Å². The molecule has 0 amide bonds. The van der Waals surface area contributed by atoms with Crippen molar-refractivity contribution in [1.82, 2.24) is 4.98 Å². The number of aromatic nitrogens is 1. The lowest BCUT2D eigenvalue weighted by Gasteiger charge is -2.16. The Labute approximate surface area is 96.2 Å². The fraction of sp³-hybridized carbons (Fsp3) is 0.615. The van der Waals surface area contributed by atoms with Gasteiger partial charge in [0.1, 0.15) is 0 Å². The van der Waals surface area contributed by atoms with Gasteiger partial charge in [-0.2, -0.15) is 0 Å². The Kier molecular flexibility index (Phi) is 2.27. The zero-order chi connectivity index (χ0) is 11.0. The molecule has 2 saturated carbocycles. The third-order valence-corrected chi connectivity index (χ3v) is 3.93. The fourth-order valence-electron chi connectivity index (χ4n) is 2.53. The number of anilines is 1. The van der Waals surface area contributed by atoms with E-state index in [0.29, 0.717) is 5.41 Å². The Morgan fingerprint density at radius 3 is 2.94 bits per heavy atom. The Hall–Kier alpha value is -1.25. The van der Waals surface area contributed by atoms with Crippen LogP contribution in [0.1, 0.15) is 25.7 Å². The average molecular weight is 218 g/mol. The predicted molar refractivity (Wildman–Crippen MR) is 63.7 cm³/mol. The first-order valence-electron chi connectivity index (χ1n) is 6.07. The third-order valence-electron chi connectivity index (χ3n) is 3.93. The zero-order valence-corrected chi connectivity index (χ0v) is 9.70. The molecule has 16 heavy (non-hydrogen) atoms. The second-order valence-electron chi connectivity index (χ2n) is 5.04. The number of hydrogen-bond acceptors (Lipinski definition) is 3. The molecule has 0 radical (unpaired) electrons. The molecule has 1 N–H and O–H groups in total. The summed E-state index contributed by atoms with van der Waals surface area (Å²) in [5.74, 6) is 2.71. The molecule has 2 fully saturated rings. The molecule has 3 rings (SSSR count). The molecule has 0 saturated heterocycles. The Morgan fingerprint density at radius 1 is 1.50 bits per heavy atom. The number of rotatable bonds is 5. The van der Waals surface area contributed by atoms with Gasteiger partial charge in [-0.05, 0) is 49.1 Å². The minimum absolute atomic E-state index is 0.600. The van der Waals surface area contributed by atoms with E-state index in [4.69, 9.17) is 4.74 Å². The van der Waals surface area contributed by atoms with Crippen LogP contribution in [0.15, 0.2) is 18.3 Å². The van der Waals surface area contributed by atoms with Gasteiger partial charge in [-0.15, -0.1) is 0 Å². The molecule has 3 nitrogen and oxygen atoms in total. The van der Waals surface area contributed by atoms with E-state index in [1.165, 1.54) is 25.7 Å². The standard InChI is InChI=1S/C13H18N2O/c1-16-11-3-2-8-14-12(11)15-9-13(6-7-13)10-4-5-10/h2-3,8,10H,4-7,9H2,1H3,(H,14,15). The average Bonchev–Trinajstić information content (AvgIpc) is 3.17. The number of nitrogens with one attached hydrogen (secondary N) is 1. The van der Waals surface area contributed by atoms with Gasteiger partial charge in [0.25, 0.3) is 0 Å². The first-order chi connectivity index (χ1) is 7.84. The maximum atomic E-state index is 5.28. The van der Waals surface area contributed by atoms with Crippen LogP contribution in [-0.2, 0) is 0 Å². The molecule has 3 heteroatoms. The largest absolute Gasteiger partial charge is 0.493 e. The van der Waals surface area contributed by atoms with Crippen molar-refractivity contribution in [2.24, 2.45) is 11.3 Å². The SMILES string of the molecule is COc1cccnc1NCC1(C2CC2)CC1. The highest BCUT2D eigenvalue weighted by Gasteiger charge is 2.53. The predicted octanol–water partition coefficient (Wildman–Crippen LogP) is 2.69. The van der Waals surface area contributed by atoms with Gasteiger partial charge >= 0.3 is 0 Å². The summed E-state index contributed by atoms with van der Waals surface area (Å²) in [6, 6.07) is 3.85. The molecule has 2 aliphatic rings. The monoisotopic (exact) mass is 218 g/mol. The zero-order valence-electron chi connectivity index (χ0n) is 9.70. The quantitative estimate of drug-likeness (QED) is 0.825. The minimum Gasteiger partial charge on any atom is -0.493 e. The van der Waals surface area contributed by atoms with Crippen molar-refractivity contribution < 1.29 is 4.74 Å². The molecule has 86 valence electrons. The molecule has 0 spiro atoms. The highest BCUT2D eigenvalue weighted by atomic mass is 16.5. The van der Waals surface area contributed by atoms with E-state index in [-0.39, 0.29) is 0 Å². The molecule has 1 aromatic rings. The summed E-state index contributed by atoms with van der Waals surface area (Å²) in [6.07, 6.45) is 7.45. The van der Waals surface area contributed by atoms with Crippen LogP contribution in [0.3, 0.4) is 0 Å². The van der Waals surface area contributed by atoms with Crippen molar-refractivity contribution in [2.45, 2.75) is 25.7 Å². The summed E-state index contributed by atoms with van der Waals surface area (Å²) in [7, 11) is 1.69. The van der Waals surface area contributed by atoms with Gasteiger partial charge in [-0.25, -0.2) is 4.98 Å². The molecule has 0 atom stereocenters. The van der Waals surface area contributed by atoms with E-state index < -0.39 is 0 Å². The normalized spacial score (nSPS) is 21.6. The summed E-state index contributed by atoms with van der Waals surface area (Å²) in [6.45, 7) is 1.06. The molecule has 0 bridgehead atoms. The molecule has 2 aliphatic carbocycles. The van der Waals surface area contributed by atoms with Crippen molar-refractivity contribution in [3.8, 4) is 5.75 Å². The van der Waals surface area contributed by atoms with Crippen molar-refractivity contribution in [3.05, 3.63) is 18.3 Å². The lowest BCUT2D eigenvalue weighted by Crippen LogP contribution is -2.18. The molecule has 1 aromatic heterocycles. The second kappa shape index (κ2) is 3.65. The molecular formula is C13H18N2O. The van der Waals surface area contributed by atoms with Crippen LogP contribution in [0.25, 0.3) is 0 Å². The van der Waals surface area contributed by atoms with E-state index in [2.05, 4.69) is 10.3 Å². The smallest absolute Gasteiger partial charge is 0.168 e. The number of ether oxygens (including phenoxy) is 1. The van der Waals surface area contributed by atoms with Crippen molar-refractivity contribution in [2.75, 3.05) is 19.0 Å². The van der Waals surface area contributed by atoms with Gasteiger partial charge in [-0.1, -0.05) is 0 Å². The van der Waals surface area contributed by atoms with Crippen LogP contribution in [0.5, 0.6) is 5.75 Å². The van der Waals surface area contributed by atoms with Gasteiger partial charge in [0.15, 0.2) is 11.6 Å². The minimum atomic E-state index is 0.600. The topological polar surface area (TPSA) is 34.1 Å². The van der Waals surface area contributed by atoms with Gasteiger partial charge in [0.2, 0.25) is 0 Å². The number of methoxy groups -OCH3 is 1. The van der Waals surface area contributed by atoms with E-state index in [1.54, 1.807) is 7.11 Å². The van der Waals surface area contributed by atoms with Gasteiger partial charge < -0.3 is 10.1 Å². The Balaban J connectivity index is 1.65. The lowest BCUT2D eigenvalue weighted by atomic mass is 10.0. The van der Waals surface area contributed by atoms with E-state index in [1.807, 2.05) is 18.3 Å². The lowest BCUT2D eigenvalue weighted by molar-refractivity contribution is 0.412. The molecule has 0 aromatic carbocycles. The summed E-state index contributed by atoms with van der Waals surface area (Å²) >= 11 is 0. The molecule has 1 heterocycles. The second-order valence-corrected chi connectivity index (χ2v) is 5.04. The maximum Gasteiger partial charge on any atom is 0.168 e. The number of pyridine rings is 1. The van der Waals surface area contributed by atoms with Crippen LogP contribution in [-0.4, -0.2) is 18.6 Å². The molecule has 0 aliphatic heterocycles. The van der Waals surface area contributed by atoms with E-state index >= 15 is 0 Å². The van der Waals surface area contributed by atoms with E-state index in [0.717, 1.165) is 24.0 Å². The first-order valence-corrected chi connectivity index (χ1v) is 6.07. The van der Waals surface area contributed by atoms with Gasteiger partial charge in [-0.3, -0.25) is 0 Å². The summed E-state index contributed by atoms with van der Waals surface area (Å²) in [4.78, 5) is 4.32. The number of nitrogens with zero attached hydrogens (tertiary/aromatic N) is 1. The van der Waals surface area contributed by atoms with Gasteiger partial charge in [0, 0.05) is 12.7 Å². The van der Waals surface area contributed by atoms with Gasteiger partial charge in [0.05, 0.1) is 7.11 Å². The first kappa shape index (κ1) is 9.94. The maximum absolute atomic E-state index is 5.28. The highest BCUT2D eigenvalue weighted by Crippen LogP contribution is 2.61. The van der Waals surface area contributed by atoms with Crippen molar-refractivity contribution >= 4 is 5.82 Å². The fourth-order valence-corrected chi connectivity index (χ4v) is 2.53. The van der Waals surface area contributed by atoms with Crippen molar-refractivity contribution in [3.63, 3.8) is 0 Å². The number of hydrogen-bond donors (Lipinski definition) is 1. The van der Waals surface area contributed by atoms with Crippen LogP contribution in [0.2, 0.25) is 0 Å². The van der Waals surface area contributed by atoms with Crippen LogP contribution in [0.4, 0.5) is 5.82 Å². The van der Waals surface area contributed by atoms with Crippen molar-refractivity contribution in [1.29, 1.82) is 0 Å². The Morgan fingerprint density at radius 2 is 2.31 bits per heavy atom. The Bertz CT molecular complexity index is 383. The summed E-state index contributed by atoms with van der Waals surface area (Å²) < 4.78 is 5.28. The van der Waals surface area contributed by atoms with Crippen LogP contribution >= 0.6 is 0 Å². The summed E-state index contributed by atoms with van der Waals surface area (Å²) in [5, 5.41) is 3.45. The summed E-state index contributed by atoms with van der Waals surface area (Å²) in [5.41, 5.74) is 0.600. The molecule has 0 unspecified atom stereocenters. The highest BCUT2D eigenvalue weighted by molar-refractivity contribution is 5.49. The van der Waals surface area contributed by atoms with E-state index in [9.17, 15) is 0 Å². The van der Waals surface area contributed by atoms with Crippen LogP contribution < -0.4 is 10.1 Å². The molecular weight excluding hydrogens is 200 g/mol. The third kappa shape index (κ3) is 1.75.